The highest BCUT2D eigenvalue weighted by molar-refractivity contribution is 9.10. The molecule has 0 bridgehead atoms. The Bertz CT molecular complexity index is 614. The van der Waals surface area contributed by atoms with Crippen LogP contribution in [0.25, 0.3) is 0 Å². The lowest BCUT2D eigenvalue weighted by Gasteiger charge is -2.20. The van der Waals surface area contributed by atoms with Crippen LogP contribution in [-0.2, 0) is 0 Å². The number of benzene rings is 1. The molecule has 1 aromatic carbocycles. The summed E-state index contributed by atoms with van der Waals surface area (Å²) in [5.74, 6) is 2.04. The van der Waals surface area contributed by atoms with E-state index in [4.69, 9.17) is 4.42 Å². The lowest BCUT2D eigenvalue weighted by Crippen LogP contribution is -2.33. The van der Waals surface area contributed by atoms with Crippen molar-refractivity contribution >= 4 is 33.6 Å². The van der Waals surface area contributed by atoms with Crippen LogP contribution in [-0.4, -0.2) is 29.6 Å². The van der Waals surface area contributed by atoms with Gasteiger partial charge >= 0.3 is 0 Å². The molecule has 2 aromatic rings. The SMILES string of the molecule is O=C(c1ccccc1Br)N1CCS[C@@H](c2ccco2)CC1. The van der Waals surface area contributed by atoms with E-state index in [1.807, 2.05) is 53.1 Å². The largest absolute Gasteiger partial charge is 0.468 e. The summed E-state index contributed by atoms with van der Waals surface area (Å²) < 4.78 is 6.35. The molecule has 5 heteroatoms. The zero-order chi connectivity index (χ0) is 14.7. The Morgan fingerprint density at radius 1 is 1.24 bits per heavy atom. The fourth-order valence-electron chi connectivity index (χ4n) is 2.48. The molecule has 1 aliphatic heterocycles. The highest BCUT2D eigenvalue weighted by Crippen LogP contribution is 2.35. The molecule has 1 aromatic heterocycles. The van der Waals surface area contributed by atoms with Gasteiger partial charge in [-0.2, -0.15) is 0 Å². The van der Waals surface area contributed by atoms with Crippen LogP contribution in [0.15, 0.2) is 51.6 Å². The molecule has 21 heavy (non-hydrogen) atoms. The molecule has 0 unspecified atom stereocenters. The number of thioether (sulfide) groups is 1. The third-order valence-corrected chi connectivity index (χ3v) is 5.57. The molecule has 1 aliphatic rings. The Labute approximate surface area is 136 Å². The summed E-state index contributed by atoms with van der Waals surface area (Å²) in [6.45, 7) is 1.54. The third-order valence-electron chi connectivity index (χ3n) is 3.59. The topological polar surface area (TPSA) is 33.5 Å². The minimum atomic E-state index is 0.100. The fourth-order valence-corrected chi connectivity index (χ4v) is 4.12. The number of amides is 1. The van der Waals surface area contributed by atoms with Crippen LogP contribution in [0.1, 0.15) is 27.8 Å². The third kappa shape index (κ3) is 3.35. The van der Waals surface area contributed by atoms with Crippen LogP contribution in [0.3, 0.4) is 0 Å². The average molecular weight is 366 g/mol. The predicted molar refractivity (Wildman–Crippen MR) is 88.6 cm³/mol. The van der Waals surface area contributed by atoms with Gasteiger partial charge in [-0.25, -0.2) is 0 Å². The van der Waals surface area contributed by atoms with E-state index in [0.717, 1.165) is 41.1 Å². The van der Waals surface area contributed by atoms with Crippen molar-refractivity contribution in [3.63, 3.8) is 0 Å². The van der Waals surface area contributed by atoms with Crippen LogP contribution in [0.5, 0.6) is 0 Å². The standard InChI is InChI=1S/C16H16BrNO2S/c17-13-5-2-1-4-12(13)16(19)18-8-7-15(21-11-9-18)14-6-3-10-20-14/h1-6,10,15H,7-9,11H2/t15-/m1/s1. The molecule has 0 spiro atoms. The van der Waals surface area contributed by atoms with Crippen molar-refractivity contribution in [2.75, 3.05) is 18.8 Å². The first-order valence-corrected chi connectivity index (χ1v) is 8.78. The van der Waals surface area contributed by atoms with Crippen molar-refractivity contribution in [3.05, 3.63) is 58.5 Å². The van der Waals surface area contributed by atoms with E-state index >= 15 is 0 Å². The van der Waals surface area contributed by atoms with Gasteiger partial charge in [0.1, 0.15) is 5.76 Å². The average Bonchev–Trinajstić information content (AvgIpc) is 2.92. The quantitative estimate of drug-likeness (QED) is 0.792. The Balaban J connectivity index is 1.70. The number of rotatable bonds is 2. The maximum atomic E-state index is 12.6. The van der Waals surface area contributed by atoms with Gasteiger partial charge in [-0.05, 0) is 46.6 Å². The zero-order valence-electron chi connectivity index (χ0n) is 11.5. The second-order valence-corrected chi connectivity index (χ2v) is 7.10. The van der Waals surface area contributed by atoms with E-state index in [1.165, 1.54) is 0 Å². The summed E-state index contributed by atoms with van der Waals surface area (Å²) >= 11 is 5.32. The normalized spacial score (nSPS) is 19.3. The van der Waals surface area contributed by atoms with Crippen molar-refractivity contribution < 1.29 is 9.21 Å². The van der Waals surface area contributed by atoms with Crippen molar-refractivity contribution in [1.29, 1.82) is 0 Å². The molecule has 110 valence electrons. The van der Waals surface area contributed by atoms with E-state index in [0.29, 0.717) is 5.25 Å². The first-order valence-electron chi connectivity index (χ1n) is 6.94. The molecule has 1 amide bonds. The summed E-state index contributed by atoms with van der Waals surface area (Å²) in [4.78, 5) is 14.6. The number of furan rings is 1. The molecule has 0 saturated carbocycles. The Hall–Kier alpha value is -1.20. The summed E-state index contributed by atoms with van der Waals surface area (Å²) in [5, 5.41) is 0.344. The van der Waals surface area contributed by atoms with Gasteiger partial charge < -0.3 is 9.32 Å². The maximum absolute atomic E-state index is 12.6. The minimum absolute atomic E-state index is 0.100. The second kappa shape index (κ2) is 6.71. The van der Waals surface area contributed by atoms with Crippen molar-refractivity contribution in [2.24, 2.45) is 0 Å². The molecule has 0 aliphatic carbocycles. The van der Waals surface area contributed by atoms with Crippen molar-refractivity contribution in [2.45, 2.75) is 11.7 Å². The van der Waals surface area contributed by atoms with Gasteiger partial charge in [0.15, 0.2) is 0 Å². The first kappa shape index (κ1) is 14.7. The van der Waals surface area contributed by atoms with Gasteiger partial charge in [0.05, 0.1) is 17.1 Å². The van der Waals surface area contributed by atoms with Crippen molar-refractivity contribution in [1.82, 2.24) is 4.90 Å². The smallest absolute Gasteiger partial charge is 0.255 e. The molecule has 3 nitrogen and oxygen atoms in total. The van der Waals surface area contributed by atoms with Gasteiger partial charge in [-0.1, -0.05) is 12.1 Å². The molecule has 3 rings (SSSR count). The molecule has 0 N–H and O–H groups in total. The zero-order valence-corrected chi connectivity index (χ0v) is 13.9. The molecule has 1 saturated heterocycles. The van der Waals surface area contributed by atoms with Gasteiger partial charge in [0, 0.05) is 23.3 Å². The number of hydrogen-bond acceptors (Lipinski definition) is 3. The first-order chi connectivity index (χ1) is 10.3. The number of halogens is 1. The highest BCUT2D eigenvalue weighted by atomic mass is 79.9. The monoisotopic (exact) mass is 365 g/mol. The minimum Gasteiger partial charge on any atom is -0.468 e. The van der Waals surface area contributed by atoms with E-state index in [-0.39, 0.29) is 5.91 Å². The van der Waals surface area contributed by atoms with Crippen LogP contribution >= 0.6 is 27.7 Å². The predicted octanol–water partition coefficient (Wildman–Crippen LogP) is 4.36. The number of hydrogen-bond donors (Lipinski definition) is 0. The van der Waals surface area contributed by atoms with E-state index < -0.39 is 0 Å². The summed E-state index contributed by atoms with van der Waals surface area (Å²) in [6, 6.07) is 11.5. The van der Waals surface area contributed by atoms with Crippen LogP contribution < -0.4 is 0 Å². The Morgan fingerprint density at radius 2 is 2.10 bits per heavy atom. The maximum Gasteiger partial charge on any atom is 0.255 e. The molecule has 1 fully saturated rings. The fraction of sp³-hybridized carbons (Fsp3) is 0.312. The molecule has 0 radical (unpaired) electrons. The van der Waals surface area contributed by atoms with Crippen LogP contribution in [0.4, 0.5) is 0 Å². The van der Waals surface area contributed by atoms with Crippen molar-refractivity contribution in [3.8, 4) is 0 Å². The van der Waals surface area contributed by atoms with Crippen LogP contribution in [0, 0.1) is 0 Å². The van der Waals surface area contributed by atoms with E-state index in [1.54, 1.807) is 6.26 Å². The van der Waals surface area contributed by atoms with Gasteiger partial charge in [-0.3, -0.25) is 4.79 Å². The Kier molecular flexibility index (Phi) is 4.70. The van der Waals surface area contributed by atoms with Crippen LogP contribution in [0.2, 0.25) is 0 Å². The number of carbonyl (C=O) groups is 1. The van der Waals surface area contributed by atoms with Gasteiger partial charge in [0.25, 0.3) is 5.91 Å². The van der Waals surface area contributed by atoms with Gasteiger partial charge in [-0.15, -0.1) is 11.8 Å². The molecular weight excluding hydrogens is 350 g/mol. The van der Waals surface area contributed by atoms with E-state index in [9.17, 15) is 4.79 Å². The molecule has 2 heterocycles. The lowest BCUT2D eigenvalue weighted by atomic mass is 10.2. The van der Waals surface area contributed by atoms with E-state index in [2.05, 4.69) is 15.9 Å². The Morgan fingerprint density at radius 3 is 2.86 bits per heavy atom. The molecule has 1 atom stereocenters. The summed E-state index contributed by atoms with van der Waals surface area (Å²) in [6.07, 6.45) is 2.64. The molecular formula is C16H16BrNO2S. The number of carbonyl (C=O) groups excluding carboxylic acids is 1. The summed E-state index contributed by atoms with van der Waals surface area (Å²) in [7, 11) is 0. The second-order valence-electron chi connectivity index (χ2n) is 4.94. The lowest BCUT2D eigenvalue weighted by molar-refractivity contribution is 0.0765. The highest BCUT2D eigenvalue weighted by Gasteiger charge is 2.24. The summed E-state index contributed by atoms with van der Waals surface area (Å²) in [5.41, 5.74) is 0.735. The number of nitrogens with zero attached hydrogens (tertiary/aromatic N) is 1. The van der Waals surface area contributed by atoms with Gasteiger partial charge in [0.2, 0.25) is 0 Å².